The fourth-order valence-electron chi connectivity index (χ4n) is 1.19. The van der Waals surface area contributed by atoms with Crippen LogP contribution in [0.1, 0.15) is 20.8 Å². The lowest BCUT2D eigenvalue weighted by Gasteiger charge is -2.17. The van der Waals surface area contributed by atoms with Gasteiger partial charge in [-0.3, -0.25) is 4.79 Å². The van der Waals surface area contributed by atoms with Crippen molar-refractivity contribution in [1.82, 2.24) is 4.72 Å². The van der Waals surface area contributed by atoms with Crippen molar-refractivity contribution in [2.45, 2.75) is 25.7 Å². The zero-order valence-corrected chi connectivity index (χ0v) is 13.2. The molecule has 0 aliphatic carbocycles. The zero-order chi connectivity index (χ0) is 14.8. The molecule has 0 fully saturated rings. The third-order valence-corrected chi connectivity index (χ3v) is 4.56. The van der Waals surface area contributed by atoms with Gasteiger partial charge in [0.2, 0.25) is 10.0 Å². The van der Waals surface area contributed by atoms with Crippen LogP contribution in [0.5, 0.6) is 0 Å². The quantitative estimate of drug-likeness (QED) is 0.926. The van der Waals surface area contributed by atoms with Gasteiger partial charge in [-0.15, -0.1) is 0 Å². The highest BCUT2D eigenvalue weighted by Gasteiger charge is 2.24. The molecular formula is C12H15Cl2NO3S. The van der Waals surface area contributed by atoms with Gasteiger partial charge in [-0.2, -0.15) is 0 Å². The lowest BCUT2D eigenvalue weighted by atomic mass is 9.91. The molecule has 0 atom stereocenters. The molecule has 0 amide bonds. The predicted molar refractivity (Wildman–Crippen MR) is 76.1 cm³/mol. The van der Waals surface area contributed by atoms with E-state index < -0.39 is 15.4 Å². The molecule has 4 nitrogen and oxygen atoms in total. The standard InChI is InChI=1S/C12H15Cl2NO3S/c1-12(2,3)11(16)7-15-19(17,18)10-6-8(13)4-5-9(10)14/h4-6,15H,7H2,1-3H3. The van der Waals surface area contributed by atoms with E-state index in [0.717, 1.165) is 0 Å². The van der Waals surface area contributed by atoms with Crippen molar-refractivity contribution in [2.24, 2.45) is 5.41 Å². The van der Waals surface area contributed by atoms with Crippen LogP contribution in [-0.2, 0) is 14.8 Å². The van der Waals surface area contributed by atoms with Crippen molar-refractivity contribution in [2.75, 3.05) is 6.54 Å². The summed E-state index contributed by atoms with van der Waals surface area (Å²) in [6.45, 7) is 4.87. The number of ketones is 1. The largest absolute Gasteiger partial charge is 0.298 e. The number of carbonyl (C=O) groups is 1. The van der Waals surface area contributed by atoms with Crippen molar-refractivity contribution in [3.63, 3.8) is 0 Å². The van der Waals surface area contributed by atoms with E-state index in [1.807, 2.05) is 0 Å². The Bertz CT molecular complexity index is 591. The molecule has 0 saturated carbocycles. The number of Topliss-reactive ketones (excluding diaryl/α,β-unsaturated/α-hetero) is 1. The van der Waals surface area contributed by atoms with Crippen LogP contribution < -0.4 is 4.72 Å². The molecule has 1 aromatic carbocycles. The number of hydrogen-bond acceptors (Lipinski definition) is 3. The SMILES string of the molecule is CC(C)(C)C(=O)CNS(=O)(=O)c1cc(Cl)ccc1Cl. The topological polar surface area (TPSA) is 63.2 Å². The maximum atomic E-state index is 12.0. The Hall–Kier alpha value is -0.620. The molecule has 19 heavy (non-hydrogen) atoms. The van der Waals surface area contributed by atoms with Crippen LogP contribution in [0.3, 0.4) is 0 Å². The number of carbonyl (C=O) groups excluding carboxylic acids is 1. The van der Waals surface area contributed by atoms with E-state index in [1.165, 1.54) is 18.2 Å². The van der Waals surface area contributed by atoms with E-state index in [2.05, 4.69) is 4.72 Å². The third kappa shape index (κ3) is 4.45. The highest BCUT2D eigenvalue weighted by Crippen LogP contribution is 2.25. The number of halogens is 2. The first-order chi connectivity index (χ1) is 8.54. The Balaban J connectivity index is 2.94. The summed E-state index contributed by atoms with van der Waals surface area (Å²) in [6, 6.07) is 4.13. The van der Waals surface area contributed by atoms with Crippen LogP contribution >= 0.6 is 23.2 Å². The molecule has 0 saturated heterocycles. The van der Waals surface area contributed by atoms with Gasteiger partial charge in [0.05, 0.1) is 11.6 Å². The minimum Gasteiger partial charge on any atom is -0.298 e. The molecule has 7 heteroatoms. The van der Waals surface area contributed by atoms with Crippen molar-refractivity contribution in [3.05, 3.63) is 28.2 Å². The normalized spacial score (nSPS) is 12.5. The maximum Gasteiger partial charge on any atom is 0.242 e. The Kier molecular flexibility index (Phi) is 5.01. The fourth-order valence-corrected chi connectivity index (χ4v) is 2.93. The summed E-state index contributed by atoms with van der Waals surface area (Å²) in [5.74, 6) is -0.214. The Labute approximate surface area is 123 Å². The minimum atomic E-state index is -3.86. The number of sulfonamides is 1. The second-order valence-corrected chi connectivity index (χ2v) is 7.65. The first-order valence-corrected chi connectivity index (χ1v) is 7.76. The minimum absolute atomic E-state index is 0.0557. The van der Waals surface area contributed by atoms with E-state index in [1.54, 1.807) is 20.8 Å². The van der Waals surface area contributed by atoms with Crippen molar-refractivity contribution in [3.8, 4) is 0 Å². The molecule has 0 radical (unpaired) electrons. The number of hydrogen-bond donors (Lipinski definition) is 1. The summed E-state index contributed by atoms with van der Waals surface area (Å²) < 4.78 is 26.3. The predicted octanol–water partition coefficient (Wildman–Crippen LogP) is 2.89. The number of rotatable bonds is 4. The van der Waals surface area contributed by atoms with Gasteiger partial charge < -0.3 is 0 Å². The van der Waals surface area contributed by atoms with E-state index >= 15 is 0 Å². The summed E-state index contributed by atoms with van der Waals surface area (Å²) in [6.07, 6.45) is 0. The molecule has 0 aliphatic heterocycles. The highest BCUT2D eigenvalue weighted by molar-refractivity contribution is 7.89. The smallest absolute Gasteiger partial charge is 0.242 e. The van der Waals surface area contributed by atoms with Gasteiger partial charge in [0.1, 0.15) is 4.90 Å². The second-order valence-electron chi connectivity index (χ2n) is 5.07. The zero-order valence-electron chi connectivity index (χ0n) is 10.8. The van der Waals surface area contributed by atoms with Crippen molar-refractivity contribution < 1.29 is 13.2 Å². The molecule has 0 aliphatic rings. The van der Waals surface area contributed by atoms with Gasteiger partial charge >= 0.3 is 0 Å². The molecule has 0 heterocycles. The molecule has 1 N–H and O–H groups in total. The van der Waals surface area contributed by atoms with Crippen molar-refractivity contribution in [1.29, 1.82) is 0 Å². The van der Waals surface area contributed by atoms with Crippen molar-refractivity contribution >= 4 is 39.0 Å². The monoisotopic (exact) mass is 323 g/mol. The van der Waals surface area contributed by atoms with Gasteiger partial charge in [-0.25, -0.2) is 13.1 Å². The lowest BCUT2D eigenvalue weighted by molar-refractivity contribution is -0.125. The van der Waals surface area contributed by atoms with Crippen LogP contribution in [0, 0.1) is 5.41 Å². The Morgan fingerprint density at radius 2 is 1.84 bits per heavy atom. The van der Waals surface area contributed by atoms with E-state index in [0.29, 0.717) is 0 Å². The van der Waals surface area contributed by atoms with Crippen LogP contribution in [0.15, 0.2) is 23.1 Å². The molecule has 106 valence electrons. The summed E-state index contributed by atoms with van der Waals surface area (Å²) in [5.41, 5.74) is -0.610. The van der Waals surface area contributed by atoms with Gasteiger partial charge in [0.15, 0.2) is 5.78 Å². The van der Waals surface area contributed by atoms with Gasteiger partial charge in [-0.1, -0.05) is 44.0 Å². The average Bonchev–Trinajstić information content (AvgIpc) is 2.28. The summed E-state index contributed by atoms with van der Waals surface area (Å²) in [7, 11) is -3.86. The Morgan fingerprint density at radius 3 is 2.37 bits per heavy atom. The fraction of sp³-hybridized carbons (Fsp3) is 0.417. The molecule has 0 spiro atoms. The molecule has 0 bridgehead atoms. The van der Waals surface area contributed by atoms with Gasteiger partial charge in [0, 0.05) is 10.4 Å². The van der Waals surface area contributed by atoms with Crippen LogP contribution in [0.25, 0.3) is 0 Å². The van der Waals surface area contributed by atoms with E-state index in [4.69, 9.17) is 23.2 Å². The lowest BCUT2D eigenvalue weighted by Crippen LogP contribution is -2.35. The average molecular weight is 324 g/mol. The van der Waals surface area contributed by atoms with E-state index in [-0.39, 0.29) is 27.3 Å². The first-order valence-electron chi connectivity index (χ1n) is 5.52. The molecule has 0 unspecified atom stereocenters. The molecular weight excluding hydrogens is 309 g/mol. The molecule has 1 aromatic rings. The summed E-state index contributed by atoms with van der Waals surface area (Å²) in [4.78, 5) is 11.6. The Morgan fingerprint density at radius 1 is 1.26 bits per heavy atom. The number of nitrogens with one attached hydrogen (secondary N) is 1. The highest BCUT2D eigenvalue weighted by atomic mass is 35.5. The number of benzene rings is 1. The van der Waals surface area contributed by atoms with Crippen LogP contribution in [-0.4, -0.2) is 20.7 Å². The van der Waals surface area contributed by atoms with E-state index in [9.17, 15) is 13.2 Å². The molecule has 0 aromatic heterocycles. The summed E-state index contributed by atoms with van der Waals surface area (Å²) >= 11 is 11.6. The third-order valence-electron chi connectivity index (χ3n) is 2.44. The van der Waals surface area contributed by atoms with Gasteiger partial charge in [-0.05, 0) is 18.2 Å². The second kappa shape index (κ2) is 5.79. The van der Waals surface area contributed by atoms with Crippen LogP contribution in [0.2, 0.25) is 10.0 Å². The van der Waals surface area contributed by atoms with Gasteiger partial charge in [0.25, 0.3) is 0 Å². The maximum absolute atomic E-state index is 12.0. The van der Waals surface area contributed by atoms with Crippen LogP contribution in [0.4, 0.5) is 0 Å². The first kappa shape index (κ1) is 16.4. The summed E-state index contributed by atoms with van der Waals surface area (Å²) in [5, 5.41) is 0.312. The molecule has 1 rings (SSSR count).